The van der Waals surface area contributed by atoms with Crippen molar-refractivity contribution >= 4 is 25.2 Å². The molecule has 134 valence electrons. The number of hydrogen-bond donors (Lipinski definition) is 0. The van der Waals surface area contributed by atoms with E-state index < -0.39 is 5.79 Å². The molecule has 5 rings (SSSR count). The van der Waals surface area contributed by atoms with Gasteiger partial charge in [-0.15, -0.1) is 0 Å². The van der Waals surface area contributed by atoms with Crippen LogP contribution in [-0.4, -0.2) is 39.7 Å². The Kier molecular flexibility index (Phi) is 3.74. The second kappa shape index (κ2) is 5.66. The summed E-state index contributed by atoms with van der Waals surface area (Å²) in [7, 11) is 0. The van der Waals surface area contributed by atoms with E-state index in [1.807, 2.05) is 0 Å². The molecule has 1 aromatic rings. The Labute approximate surface area is 156 Å². The number of carbonyl (C=O) groups excluding carboxylic acids is 1. The van der Waals surface area contributed by atoms with Crippen LogP contribution in [-0.2, 0) is 14.3 Å². The summed E-state index contributed by atoms with van der Waals surface area (Å²) in [5, 5.41) is 0. The van der Waals surface area contributed by atoms with Gasteiger partial charge >= 0.3 is 156 Å². The van der Waals surface area contributed by atoms with Crippen LogP contribution in [0.2, 0.25) is 4.31 Å². The van der Waals surface area contributed by atoms with Crippen LogP contribution in [0.15, 0.2) is 30.3 Å². The fraction of sp³-hybridized carbons (Fsp3) is 0.667. The van der Waals surface area contributed by atoms with Gasteiger partial charge in [-0.25, -0.2) is 0 Å². The summed E-state index contributed by atoms with van der Waals surface area (Å²) in [5.41, 5.74) is 0.0368. The summed E-state index contributed by atoms with van der Waals surface area (Å²) < 4.78 is 13.7. The van der Waals surface area contributed by atoms with Crippen LogP contribution in [0, 0.1) is 17.3 Å². The van der Waals surface area contributed by atoms with Crippen molar-refractivity contribution in [3.05, 3.63) is 30.3 Å². The van der Waals surface area contributed by atoms with Gasteiger partial charge in [0.05, 0.1) is 0 Å². The Bertz CT molecular complexity index is 684. The molecule has 4 heteroatoms. The average molecular weight is 405 g/mol. The van der Waals surface area contributed by atoms with Crippen LogP contribution in [0.5, 0.6) is 0 Å². The first-order valence-corrected chi connectivity index (χ1v) is 11.4. The topological polar surface area (TPSA) is 35.5 Å². The predicted octanol–water partition coefficient (Wildman–Crippen LogP) is 3.11. The number of carbonyl (C=O) groups is 1. The number of Topliss-reactive ketones (excluding diaryl/α,β-unsaturated/α-hetero) is 1. The third kappa shape index (κ3) is 2.09. The molecule has 0 spiro atoms. The second-order valence-electron chi connectivity index (χ2n) is 8.31. The minimum atomic E-state index is -0.491. The van der Waals surface area contributed by atoms with E-state index in [2.05, 4.69) is 37.3 Å². The number of rotatable bonds is 3. The normalized spacial score (nSPS) is 41.9. The predicted molar refractivity (Wildman–Crippen MR) is 97.0 cm³/mol. The van der Waals surface area contributed by atoms with Crippen molar-refractivity contribution in [2.75, 3.05) is 13.2 Å². The van der Waals surface area contributed by atoms with Gasteiger partial charge in [0.2, 0.25) is 0 Å². The number of benzene rings is 1. The first-order valence-electron chi connectivity index (χ1n) is 9.66. The van der Waals surface area contributed by atoms with Crippen LogP contribution < -0.4 is 4.46 Å². The first-order chi connectivity index (χ1) is 12.1. The van der Waals surface area contributed by atoms with Crippen LogP contribution in [0.4, 0.5) is 0 Å². The molecule has 0 N–H and O–H groups in total. The SMILES string of the molecule is CC1([C@@]23CCC[C@@H](C2)[C@@]2([Se]c4ccccc4)C(=O)CC[C@H]23)OCCO1. The zero-order valence-corrected chi connectivity index (χ0v) is 16.5. The van der Waals surface area contributed by atoms with Gasteiger partial charge in [-0.2, -0.15) is 0 Å². The van der Waals surface area contributed by atoms with Gasteiger partial charge in [-0.1, -0.05) is 0 Å². The standard InChI is InChI=1S/C21H26O3Se/c1-19(23-12-13-24-19)20-11-5-6-15(14-20)21(17(20)9-10-18(21)22)25-16-7-3-2-4-8-16/h2-4,7-8,15,17H,5-6,9-14H2,1H3/t15-,17-,20-,21-/m0/s1. The maximum atomic E-state index is 13.3. The molecule has 3 aliphatic carbocycles. The second-order valence-corrected chi connectivity index (χ2v) is 11.1. The molecule has 0 radical (unpaired) electrons. The van der Waals surface area contributed by atoms with Crippen molar-refractivity contribution in [3.8, 4) is 0 Å². The van der Waals surface area contributed by atoms with Gasteiger partial charge in [-0.05, 0) is 0 Å². The molecule has 0 amide bonds. The monoisotopic (exact) mass is 406 g/mol. The summed E-state index contributed by atoms with van der Waals surface area (Å²) in [4.78, 5) is 13.3. The molecule has 3 nitrogen and oxygen atoms in total. The van der Waals surface area contributed by atoms with Crippen molar-refractivity contribution in [2.45, 2.75) is 55.5 Å². The quantitative estimate of drug-likeness (QED) is 0.725. The molecule has 3 saturated carbocycles. The molecule has 4 aliphatic rings. The van der Waals surface area contributed by atoms with Gasteiger partial charge in [0.15, 0.2) is 0 Å². The van der Waals surface area contributed by atoms with Crippen molar-refractivity contribution in [2.24, 2.45) is 17.3 Å². The molecule has 0 aromatic heterocycles. The van der Waals surface area contributed by atoms with Gasteiger partial charge < -0.3 is 0 Å². The van der Waals surface area contributed by atoms with E-state index in [1.165, 1.54) is 17.3 Å². The molecular weight excluding hydrogens is 379 g/mol. The van der Waals surface area contributed by atoms with E-state index in [9.17, 15) is 4.79 Å². The molecule has 4 atom stereocenters. The maximum absolute atomic E-state index is 13.3. The van der Waals surface area contributed by atoms with Crippen LogP contribution >= 0.6 is 0 Å². The van der Waals surface area contributed by atoms with Crippen molar-refractivity contribution in [1.82, 2.24) is 0 Å². The molecule has 0 unspecified atom stereocenters. The van der Waals surface area contributed by atoms with Gasteiger partial charge in [0.1, 0.15) is 0 Å². The number of hydrogen-bond acceptors (Lipinski definition) is 3. The zero-order valence-electron chi connectivity index (χ0n) is 14.8. The summed E-state index contributed by atoms with van der Waals surface area (Å²) in [5.74, 6) is 1.00. The Morgan fingerprint density at radius 2 is 1.88 bits per heavy atom. The number of ketones is 1. The van der Waals surface area contributed by atoms with Crippen molar-refractivity contribution < 1.29 is 14.3 Å². The van der Waals surface area contributed by atoms with E-state index >= 15 is 0 Å². The van der Waals surface area contributed by atoms with Crippen molar-refractivity contribution in [1.29, 1.82) is 0 Å². The van der Waals surface area contributed by atoms with E-state index in [4.69, 9.17) is 9.47 Å². The van der Waals surface area contributed by atoms with Crippen LogP contribution in [0.3, 0.4) is 0 Å². The van der Waals surface area contributed by atoms with Crippen LogP contribution in [0.1, 0.15) is 45.4 Å². The Hall–Kier alpha value is -0.671. The molecule has 25 heavy (non-hydrogen) atoms. The molecule has 1 saturated heterocycles. The van der Waals surface area contributed by atoms with E-state index in [0.717, 1.165) is 25.7 Å². The molecule has 1 heterocycles. The first kappa shape index (κ1) is 16.5. The minimum absolute atomic E-state index is 0.0368. The summed E-state index contributed by atoms with van der Waals surface area (Å²) in [6.45, 7) is 3.55. The fourth-order valence-electron chi connectivity index (χ4n) is 6.49. The molecule has 1 aromatic carbocycles. The summed E-state index contributed by atoms with van der Waals surface area (Å²) >= 11 is 0.193. The zero-order chi connectivity index (χ0) is 17.1. The van der Waals surface area contributed by atoms with Gasteiger partial charge in [0, 0.05) is 0 Å². The average Bonchev–Trinajstić information content (AvgIpc) is 3.26. The third-order valence-electron chi connectivity index (χ3n) is 7.45. The van der Waals surface area contributed by atoms with Crippen LogP contribution in [0.25, 0.3) is 0 Å². The summed E-state index contributed by atoms with van der Waals surface area (Å²) in [6, 6.07) is 10.7. The molecule has 2 bridgehead atoms. The van der Waals surface area contributed by atoms with Gasteiger partial charge in [-0.3, -0.25) is 0 Å². The molecule has 1 aliphatic heterocycles. The molecule has 4 fully saturated rings. The Morgan fingerprint density at radius 1 is 1.12 bits per heavy atom. The summed E-state index contributed by atoms with van der Waals surface area (Å²) in [6.07, 6.45) is 6.48. The van der Waals surface area contributed by atoms with E-state index in [0.29, 0.717) is 30.8 Å². The van der Waals surface area contributed by atoms with Gasteiger partial charge in [0.25, 0.3) is 0 Å². The Morgan fingerprint density at radius 3 is 2.64 bits per heavy atom. The number of ether oxygens (including phenoxy) is 2. The molecular formula is C21H26O3Se. The third-order valence-corrected chi connectivity index (χ3v) is 11.0. The van der Waals surface area contributed by atoms with E-state index in [1.54, 1.807) is 0 Å². The Balaban J connectivity index is 1.61. The number of fused-ring (bicyclic) bond motifs is 5. The fourth-order valence-corrected chi connectivity index (χ4v) is 10.2. The van der Waals surface area contributed by atoms with E-state index in [-0.39, 0.29) is 24.7 Å². The van der Waals surface area contributed by atoms with Crippen molar-refractivity contribution in [3.63, 3.8) is 0 Å².